The molecule has 6 nitrogen and oxygen atoms in total. The van der Waals surface area contributed by atoms with Crippen LogP contribution in [0.25, 0.3) is 0 Å². The number of fused-ring (bicyclic) bond motifs is 1. The third-order valence-electron chi connectivity index (χ3n) is 5.24. The van der Waals surface area contributed by atoms with Gasteiger partial charge in [-0.05, 0) is 43.2 Å². The summed E-state index contributed by atoms with van der Waals surface area (Å²) in [6, 6.07) is 8.56. The summed E-state index contributed by atoms with van der Waals surface area (Å²) in [5.74, 6) is 1.95. The van der Waals surface area contributed by atoms with Crippen molar-refractivity contribution in [2.45, 2.75) is 44.6 Å². The van der Waals surface area contributed by atoms with Crippen LogP contribution < -0.4 is 0 Å². The van der Waals surface area contributed by atoms with Gasteiger partial charge in [0.1, 0.15) is 11.9 Å². The number of rotatable bonds is 3. The number of aromatic amines is 1. The fourth-order valence-electron chi connectivity index (χ4n) is 3.94. The van der Waals surface area contributed by atoms with E-state index in [9.17, 15) is 4.79 Å². The minimum absolute atomic E-state index is 0.210. The first-order valence-corrected chi connectivity index (χ1v) is 9.07. The number of carbonyl (C=O) groups is 1. The molecule has 2 aromatic rings. The highest BCUT2D eigenvalue weighted by molar-refractivity contribution is 5.77. The number of morpholine rings is 1. The van der Waals surface area contributed by atoms with Gasteiger partial charge in [-0.3, -0.25) is 9.89 Å². The molecule has 2 unspecified atom stereocenters. The Morgan fingerprint density at radius 1 is 1.40 bits per heavy atom. The Morgan fingerprint density at radius 2 is 2.28 bits per heavy atom. The zero-order valence-corrected chi connectivity index (χ0v) is 14.6. The number of carbonyl (C=O) groups excluding carboxylic acids is 1. The number of benzene rings is 1. The second-order valence-corrected chi connectivity index (χ2v) is 6.97. The predicted octanol–water partition coefficient (Wildman–Crippen LogP) is 2.52. The van der Waals surface area contributed by atoms with E-state index in [0.717, 1.165) is 25.1 Å². The monoisotopic (exact) mass is 340 g/mol. The quantitative estimate of drug-likeness (QED) is 0.932. The standard InChI is InChI=1S/C19H24N4O2/c1-13-20-19(22-21-13)17-12-23(9-10-25-17)18(24)11-15-7-4-6-14-5-2-3-8-16(14)15/h2-3,5,8,15,17H,4,6-7,9-12H2,1H3,(H,20,21,22). The number of nitrogens with zero attached hydrogens (tertiary/aromatic N) is 3. The average Bonchev–Trinajstić information content (AvgIpc) is 3.09. The van der Waals surface area contributed by atoms with Crippen molar-refractivity contribution >= 4 is 5.91 Å². The smallest absolute Gasteiger partial charge is 0.223 e. The molecule has 1 aliphatic heterocycles. The van der Waals surface area contributed by atoms with E-state index >= 15 is 0 Å². The van der Waals surface area contributed by atoms with Crippen molar-refractivity contribution in [2.75, 3.05) is 19.7 Å². The zero-order valence-electron chi connectivity index (χ0n) is 14.6. The molecule has 6 heteroatoms. The van der Waals surface area contributed by atoms with E-state index in [1.165, 1.54) is 11.1 Å². The molecule has 0 radical (unpaired) electrons. The van der Waals surface area contributed by atoms with Crippen LogP contribution in [0.5, 0.6) is 0 Å². The minimum Gasteiger partial charge on any atom is -0.366 e. The maximum Gasteiger partial charge on any atom is 0.223 e. The van der Waals surface area contributed by atoms with Gasteiger partial charge >= 0.3 is 0 Å². The fourth-order valence-corrected chi connectivity index (χ4v) is 3.94. The SMILES string of the molecule is Cc1nc(C2CN(C(=O)CC3CCCc4ccccc43)CCO2)n[nH]1. The van der Waals surface area contributed by atoms with Gasteiger partial charge in [-0.1, -0.05) is 24.3 Å². The van der Waals surface area contributed by atoms with Crippen molar-refractivity contribution in [2.24, 2.45) is 0 Å². The van der Waals surface area contributed by atoms with E-state index in [2.05, 4.69) is 39.4 Å². The average molecular weight is 340 g/mol. The second-order valence-electron chi connectivity index (χ2n) is 6.97. The number of aryl methyl sites for hydroxylation is 2. The molecule has 132 valence electrons. The number of aromatic nitrogens is 3. The molecule has 1 aromatic carbocycles. The normalized spacial score (nSPS) is 23.3. The number of amides is 1. The van der Waals surface area contributed by atoms with Gasteiger partial charge in [0.25, 0.3) is 0 Å². The van der Waals surface area contributed by atoms with Crippen LogP contribution in [0.3, 0.4) is 0 Å². The lowest BCUT2D eigenvalue weighted by Crippen LogP contribution is -2.43. The van der Waals surface area contributed by atoms with E-state index < -0.39 is 0 Å². The molecule has 1 N–H and O–H groups in total. The van der Waals surface area contributed by atoms with Crippen molar-refractivity contribution in [3.63, 3.8) is 0 Å². The number of H-pyrrole nitrogens is 1. The summed E-state index contributed by atoms with van der Waals surface area (Å²) in [6.45, 7) is 3.58. The number of ether oxygens (including phenoxy) is 1. The third-order valence-corrected chi connectivity index (χ3v) is 5.24. The highest BCUT2D eigenvalue weighted by atomic mass is 16.5. The molecule has 1 amide bonds. The topological polar surface area (TPSA) is 71.1 Å². The van der Waals surface area contributed by atoms with Gasteiger partial charge in [0.05, 0.1) is 13.2 Å². The summed E-state index contributed by atoms with van der Waals surface area (Å²) < 4.78 is 5.77. The van der Waals surface area contributed by atoms with Crippen LogP contribution in [0.4, 0.5) is 0 Å². The van der Waals surface area contributed by atoms with Gasteiger partial charge in [0.15, 0.2) is 5.82 Å². The Balaban J connectivity index is 1.43. The Kier molecular flexibility index (Phi) is 4.53. The third kappa shape index (κ3) is 3.44. The number of hydrogen-bond donors (Lipinski definition) is 1. The van der Waals surface area contributed by atoms with Gasteiger partial charge in [-0.15, -0.1) is 0 Å². The Labute approximate surface area is 147 Å². The predicted molar refractivity (Wildman–Crippen MR) is 93.1 cm³/mol. The van der Waals surface area contributed by atoms with E-state index in [1.54, 1.807) is 0 Å². The highest BCUT2D eigenvalue weighted by Gasteiger charge is 2.30. The Morgan fingerprint density at radius 3 is 3.12 bits per heavy atom. The van der Waals surface area contributed by atoms with Crippen LogP contribution in [0.1, 0.15) is 54.1 Å². The van der Waals surface area contributed by atoms with Crippen LogP contribution in [0.2, 0.25) is 0 Å². The summed E-state index contributed by atoms with van der Waals surface area (Å²) >= 11 is 0. The molecule has 0 spiro atoms. The molecule has 4 rings (SSSR count). The van der Waals surface area contributed by atoms with Crippen molar-refractivity contribution in [3.05, 3.63) is 47.0 Å². The van der Waals surface area contributed by atoms with Crippen LogP contribution in [-0.2, 0) is 16.0 Å². The van der Waals surface area contributed by atoms with Gasteiger partial charge < -0.3 is 9.64 Å². The maximum absolute atomic E-state index is 12.9. The summed E-state index contributed by atoms with van der Waals surface area (Å²) in [5, 5.41) is 7.02. The molecular weight excluding hydrogens is 316 g/mol. The van der Waals surface area contributed by atoms with Crippen LogP contribution in [0.15, 0.2) is 24.3 Å². The van der Waals surface area contributed by atoms with E-state index in [1.807, 2.05) is 11.8 Å². The van der Waals surface area contributed by atoms with Crippen molar-refractivity contribution < 1.29 is 9.53 Å². The number of hydrogen-bond acceptors (Lipinski definition) is 4. The lowest BCUT2D eigenvalue weighted by atomic mass is 9.81. The molecule has 25 heavy (non-hydrogen) atoms. The Hall–Kier alpha value is -2.21. The summed E-state index contributed by atoms with van der Waals surface area (Å²) in [6.07, 6.45) is 3.73. The molecule has 2 atom stereocenters. The second kappa shape index (κ2) is 6.96. The molecule has 1 aliphatic carbocycles. The van der Waals surface area contributed by atoms with Crippen LogP contribution >= 0.6 is 0 Å². The van der Waals surface area contributed by atoms with Crippen LogP contribution in [0, 0.1) is 6.92 Å². The molecule has 0 saturated carbocycles. The molecule has 0 bridgehead atoms. The van der Waals surface area contributed by atoms with E-state index in [4.69, 9.17) is 4.74 Å². The summed E-state index contributed by atoms with van der Waals surface area (Å²) in [4.78, 5) is 19.1. The highest BCUT2D eigenvalue weighted by Crippen LogP contribution is 2.34. The number of nitrogens with one attached hydrogen (secondary N) is 1. The van der Waals surface area contributed by atoms with E-state index in [-0.39, 0.29) is 12.0 Å². The largest absolute Gasteiger partial charge is 0.366 e. The lowest BCUT2D eigenvalue weighted by Gasteiger charge is -2.33. The molecular formula is C19H24N4O2. The lowest BCUT2D eigenvalue weighted by molar-refractivity contribution is -0.139. The summed E-state index contributed by atoms with van der Waals surface area (Å²) in [5.41, 5.74) is 2.76. The van der Waals surface area contributed by atoms with Gasteiger partial charge in [0, 0.05) is 13.0 Å². The van der Waals surface area contributed by atoms with Gasteiger partial charge in [0.2, 0.25) is 5.91 Å². The van der Waals surface area contributed by atoms with Crippen molar-refractivity contribution in [1.29, 1.82) is 0 Å². The van der Waals surface area contributed by atoms with Crippen molar-refractivity contribution in [3.8, 4) is 0 Å². The van der Waals surface area contributed by atoms with E-state index in [0.29, 0.717) is 37.9 Å². The van der Waals surface area contributed by atoms with Crippen molar-refractivity contribution in [1.82, 2.24) is 20.1 Å². The zero-order chi connectivity index (χ0) is 17.2. The minimum atomic E-state index is -0.235. The molecule has 2 aliphatic rings. The maximum atomic E-state index is 12.9. The van der Waals surface area contributed by atoms with Gasteiger partial charge in [-0.2, -0.15) is 5.10 Å². The molecule has 1 aromatic heterocycles. The molecule has 1 saturated heterocycles. The first-order chi connectivity index (χ1) is 12.2. The van der Waals surface area contributed by atoms with Gasteiger partial charge in [-0.25, -0.2) is 4.98 Å². The fraction of sp³-hybridized carbons (Fsp3) is 0.526. The first kappa shape index (κ1) is 16.3. The molecule has 2 heterocycles. The first-order valence-electron chi connectivity index (χ1n) is 9.07. The Bertz CT molecular complexity index is 757. The summed E-state index contributed by atoms with van der Waals surface area (Å²) in [7, 11) is 0. The molecule has 1 fully saturated rings. The van der Waals surface area contributed by atoms with Crippen LogP contribution in [-0.4, -0.2) is 45.7 Å².